The maximum atomic E-state index is 9.55. The number of aryl methyl sites for hydroxylation is 2. The molecular formula is C24H32N4O4. The summed E-state index contributed by atoms with van der Waals surface area (Å²) in [5.74, 6) is -2.51. The number of hydrogen-bond donors (Lipinski definition) is 3. The number of aromatic nitrogens is 2. The Bertz CT molecular complexity index is 886. The third-order valence-electron chi connectivity index (χ3n) is 5.89. The van der Waals surface area contributed by atoms with Gasteiger partial charge in [-0.05, 0) is 62.8 Å². The minimum Gasteiger partial charge on any atom is -0.478 e. The molecule has 0 unspecified atom stereocenters. The van der Waals surface area contributed by atoms with Crippen molar-refractivity contribution in [1.29, 1.82) is 0 Å². The fourth-order valence-electron chi connectivity index (χ4n) is 4.24. The summed E-state index contributed by atoms with van der Waals surface area (Å²) in [6.07, 6.45) is 8.56. The van der Waals surface area contributed by atoms with Crippen LogP contribution < -0.4 is 4.90 Å². The number of carbonyl (C=O) groups is 2. The molecule has 0 radical (unpaired) electrons. The number of anilines is 1. The molecule has 8 nitrogen and oxygen atoms in total. The second kappa shape index (κ2) is 12.0. The van der Waals surface area contributed by atoms with Crippen molar-refractivity contribution < 1.29 is 19.8 Å². The van der Waals surface area contributed by atoms with Gasteiger partial charge in [0, 0.05) is 49.7 Å². The van der Waals surface area contributed by atoms with Crippen LogP contribution in [0.2, 0.25) is 0 Å². The Morgan fingerprint density at radius 3 is 2.28 bits per heavy atom. The first-order chi connectivity index (χ1) is 15.5. The number of aromatic amines is 1. The van der Waals surface area contributed by atoms with E-state index in [4.69, 9.17) is 10.2 Å². The smallest absolute Gasteiger partial charge is 0.328 e. The molecule has 32 heavy (non-hydrogen) atoms. The van der Waals surface area contributed by atoms with E-state index in [0.29, 0.717) is 12.2 Å². The Labute approximate surface area is 188 Å². The number of H-pyrrole nitrogens is 1. The lowest BCUT2D eigenvalue weighted by Gasteiger charge is -2.36. The lowest BCUT2D eigenvalue weighted by Crippen LogP contribution is -2.46. The van der Waals surface area contributed by atoms with Crippen molar-refractivity contribution in [3.8, 4) is 0 Å². The first-order valence-electron chi connectivity index (χ1n) is 11.2. The second-order valence-electron chi connectivity index (χ2n) is 8.11. The van der Waals surface area contributed by atoms with Crippen LogP contribution in [0.15, 0.2) is 42.5 Å². The molecule has 1 aliphatic heterocycles. The molecule has 4 rings (SSSR count). The molecular weight excluding hydrogens is 408 g/mol. The van der Waals surface area contributed by atoms with E-state index >= 15 is 0 Å². The molecule has 1 aliphatic carbocycles. The van der Waals surface area contributed by atoms with Crippen molar-refractivity contribution >= 4 is 17.6 Å². The van der Waals surface area contributed by atoms with E-state index in [1.54, 1.807) is 0 Å². The first-order valence-corrected chi connectivity index (χ1v) is 11.2. The van der Waals surface area contributed by atoms with Gasteiger partial charge >= 0.3 is 11.9 Å². The molecule has 2 aliphatic rings. The van der Waals surface area contributed by atoms with Crippen LogP contribution >= 0.6 is 0 Å². The van der Waals surface area contributed by atoms with Gasteiger partial charge in [-0.3, -0.25) is 10.00 Å². The van der Waals surface area contributed by atoms with Gasteiger partial charge in [0.2, 0.25) is 0 Å². The SMILES string of the molecule is O=C(O)C=CC(=O)O.c1ccc(N2CCN(CCCc3[nH]nc4c3CCCC4)CC2)cc1. The molecule has 1 aromatic carbocycles. The number of hydrogen-bond acceptors (Lipinski definition) is 5. The average Bonchev–Trinajstić information content (AvgIpc) is 3.22. The number of aliphatic carboxylic acids is 2. The second-order valence-corrected chi connectivity index (χ2v) is 8.11. The van der Waals surface area contributed by atoms with Gasteiger partial charge in [-0.15, -0.1) is 0 Å². The van der Waals surface area contributed by atoms with Crippen LogP contribution in [-0.4, -0.2) is 70.0 Å². The van der Waals surface area contributed by atoms with E-state index in [1.807, 2.05) is 0 Å². The van der Waals surface area contributed by atoms with Crippen molar-refractivity contribution in [2.24, 2.45) is 0 Å². The van der Waals surface area contributed by atoms with Gasteiger partial charge in [-0.25, -0.2) is 9.59 Å². The number of carboxylic acid groups (broad SMARTS) is 2. The molecule has 172 valence electrons. The third kappa shape index (κ3) is 7.23. The van der Waals surface area contributed by atoms with Gasteiger partial charge in [0.15, 0.2) is 0 Å². The highest BCUT2D eigenvalue weighted by Gasteiger charge is 2.19. The lowest BCUT2D eigenvalue weighted by molar-refractivity contribution is -0.134. The van der Waals surface area contributed by atoms with Crippen molar-refractivity contribution in [1.82, 2.24) is 15.1 Å². The molecule has 0 atom stereocenters. The van der Waals surface area contributed by atoms with Gasteiger partial charge in [0.25, 0.3) is 0 Å². The third-order valence-corrected chi connectivity index (χ3v) is 5.89. The zero-order chi connectivity index (χ0) is 22.8. The molecule has 3 N–H and O–H groups in total. The lowest BCUT2D eigenvalue weighted by atomic mass is 9.94. The van der Waals surface area contributed by atoms with Crippen molar-refractivity contribution in [3.63, 3.8) is 0 Å². The molecule has 1 fully saturated rings. The van der Waals surface area contributed by atoms with Gasteiger partial charge in [0.05, 0.1) is 5.69 Å². The van der Waals surface area contributed by atoms with E-state index in [1.165, 1.54) is 74.4 Å². The molecule has 1 saturated heterocycles. The van der Waals surface area contributed by atoms with Crippen LogP contribution in [0.3, 0.4) is 0 Å². The predicted octanol–water partition coefficient (Wildman–Crippen LogP) is 2.76. The van der Waals surface area contributed by atoms with Gasteiger partial charge in [-0.2, -0.15) is 5.10 Å². The average molecular weight is 441 g/mol. The van der Waals surface area contributed by atoms with Gasteiger partial charge in [0.1, 0.15) is 0 Å². The number of nitrogens with zero attached hydrogens (tertiary/aromatic N) is 3. The van der Waals surface area contributed by atoms with Crippen LogP contribution in [0.1, 0.15) is 36.2 Å². The minimum absolute atomic E-state index is 0.558. The highest BCUT2D eigenvalue weighted by molar-refractivity contribution is 5.89. The summed E-state index contributed by atoms with van der Waals surface area (Å²) in [6, 6.07) is 10.8. The summed E-state index contributed by atoms with van der Waals surface area (Å²) in [6.45, 7) is 5.84. The molecule has 0 bridgehead atoms. The Morgan fingerprint density at radius 1 is 0.969 bits per heavy atom. The van der Waals surface area contributed by atoms with Gasteiger partial charge in [-0.1, -0.05) is 18.2 Å². The van der Waals surface area contributed by atoms with E-state index in [9.17, 15) is 9.59 Å². The van der Waals surface area contributed by atoms with Crippen LogP contribution in [0, 0.1) is 0 Å². The zero-order valence-electron chi connectivity index (χ0n) is 18.4. The fraction of sp³-hybridized carbons (Fsp3) is 0.458. The van der Waals surface area contributed by atoms with Crippen molar-refractivity contribution in [3.05, 3.63) is 59.4 Å². The van der Waals surface area contributed by atoms with Crippen LogP contribution in [0.25, 0.3) is 0 Å². The van der Waals surface area contributed by atoms with E-state index in [2.05, 4.69) is 50.3 Å². The number of rotatable bonds is 7. The summed E-state index contributed by atoms with van der Waals surface area (Å²) in [7, 11) is 0. The zero-order valence-corrected chi connectivity index (χ0v) is 18.4. The monoisotopic (exact) mass is 440 g/mol. The molecule has 8 heteroatoms. The van der Waals surface area contributed by atoms with Gasteiger partial charge < -0.3 is 15.1 Å². The van der Waals surface area contributed by atoms with Crippen LogP contribution in [0.4, 0.5) is 5.69 Å². The summed E-state index contributed by atoms with van der Waals surface area (Å²) in [4.78, 5) is 24.2. The maximum Gasteiger partial charge on any atom is 0.328 e. The minimum atomic E-state index is -1.26. The summed E-state index contributed by atoms with van der Waals surface area (Å²) < 4.78 is 0. The molecule has 1 aromatic heterocycles. The quantitative estimate of drug-likeness (QED) is 0.568. The molecule has 0 spiro atoms. The Hall–Kier alpha value is -3.13. The maximum absolute atomic E-state index is 9.55. The Morgan fingerprint density at radius 2 is 1.62 bits per heavy atom. The highest BCUT2D eigenvalue weighted by atomic mass is 16.4. The Kier molecular flexibility index (Phi) is 8.86. The van der Waals surface area contributed by atoms with E-state index in [-0.39, 0.29) is 0 Å². The largest absolute Gasteiger partial charge is 0.478 e. The normalized spacial score (nSPS) is 16.3. The number of piperazine rings is 1. The molecule has 2 heterocycles. The standard InChI is InChI=1S/C20H28N4.C4H4O4/c1-2-7-17(8-3-1)24-15-13-23(14-16-24)12-6-11-20-18-9-4-5-10-19(18)21-22-20;5-3(6)1-2-4(7)8/h1-3,7-8H,4-6,9-16H2,(H,21,22);1-2H,(H,5,6)(H,7,8). The molecule has 0 saturated carbocycles. The topological polar surface area (TPSA) is 110 Å². The number of para-hydroxylation sites is 1. The van der Waals surface area contributed by atoms with E-state index in [0.717, 1.165) is 19.5 Å². The highest BCUT2D eigenvalue weighted by Crippen LogP contribution is 2.23. The van der Waals surface area contributed by atoms with Crippen molar-refractivity contribution in [2.45, 2.75) is 38.5 Å². The van der Waals surface area contributed by atoms with Crippen molar-refractivity contribution in [2.75, 3.05) is 37.6 Å². The number of fused-ring (bicyclic) bond motifs is 1. The Balaban J connectivity index is 0.000000312. The van der Waals surface area contributed by atoms with Crippen LogP contribution in [0.5, 0.6) is 0 Å². The summed E-state index contributed by atoms with van der Waals surface area (Å²) in [5.41, 5.74) is 5.65. The number of carboxylic acids is 2. The number of benzene rings is 1. The van der Waals surface area contributed by atoms with Crippen LogP contribution in [-0.2, 0) is 28.9 Å². The predicted molar refractivity (Wildman–Crippen MR) is 123 cm³/mol. The summed E-state index contributed by atoms with van der Waals surface area (Å²) >= 11 is 0. The summed E-state index contributed by atoms with van der Waals surface area (Å²) in [5, 5.41) is 23.5. The fourth-order valence-corrected chi connectivity index (χ4v) is 4.24. The number of nitrogens with one attached hydrogen (secondary N) is 1. The first kappa shape index (κ1) is 23.5. The molecule has 2 aromatic rings. The molecule has 0 amide bonds. The van der Waals surface area contributed by atoms with E-state index < -0.39 is 11.9 Å².